The van der Waals surface area contributed by atoms with Crippen LogP contribution in [0.4, 0.5) is 5.69 Å². The number of nitrogens with zero attached hydrogens (tertiary/aromatic N) is 3. The third-order valence-corrected chi connectivity index (χ3v) is 3.64. The number of halogens is 1. The van der Waals surface area contributed by atoms with Gasteiger partial charge in [-0.05, 0) is 25.1 Å². The number of hydrogen-bond acceptors (Lipinski definition) is 4. The van der Waals surface area contributed by atoms with Crippen LogP contribution in [0.15, 0.2) is 47.3 Å². The quantitative estimate of drug-likeness (QED) is 0.537. The molecule has 3 rings (SSSR count). The maximum atomic E-state index is 12.7. The summed E-state index contributed by atoms with van der Waals surface area (Å²) in [5.41, 5.74) is 0.365. The van der Waals surface area contributed by atoms with E-state index in [2.05, 4.69) is 4.98 Å². The lowest BCUT2D eigenvalue weighted by Gasteiger charge is -2.12. The van der Waals surface area contributed by atoms with Crippen molar-refractivity contribution in [3.8, 4) is 5.69 Å². The van der Waals surface area contributed by atoms with Crippen LogP contribution in [0.5, 0.6) is 0 Å². The second kappa shape index (κ2) is 5.23. The fourth-order valence-electron chi connectivity index (χ4n) is 2.31. The van der Waals surface area contributed by atoms with E-state index < -0.39 is 4.92 Å². The summed E-state index contributed by atoms with van der Waals surface area (Å²) >= 11 is 6.14. The van der Waals surface area contributed by atoms with Crippen LogP contribution in [0.3, 0.4) is 0 Å². The maximum Gasteiger partial charge on any atom is 0.270 e. The second-order valence-electron chi connectivity index (χ2n) is 4.71. The minimum absolute atomic E-state index is 0.152. The summed E-state index contributed by atoms with van der Waals surface area (Å²) < 4.78 is 1.36. The normalized spacial score (nSPS) is 10.8. The summed E-state index contributed by atoms with van der Waals surface area (Å²) in [4.78, 5) is 27.4. The van der Waals surface area contributed by atoms with Crippen LogP contribution in [0.25, 0.3) is 16.6 Å². The van der Waals surface area contributed by atoms with E-state index in [0.717, 1.165) is 0 Å². The average molecular weight is 316 g/mol. The van der Waals surface area contributed by atoms with Crippen molar-refractivity contribution in [2.45, 2.75) is 6.92 Å². The van der Waals surface area contributed by atoms with Crippen LogP contribution in [0, 0.1) is 17.0 Å². The molecule has 1 heterocycles. The fourth-order valence-corrected chi connectivity index (χ4v) is 2.54. The van der Waals surface area contributed by atoms with Crippen molar-refractivity contribution in [1.29, 1.82) is 0 Å². The Morgan fingerprint density at radius 3 is 2.64 bits per heavy atom. The number of fused-ring (bicyclic) bond motifs is 1. The first kappa shape index (κ1) is 14.2. The van der Waals surface area contributed by atoms with Gasteiger partial charge in [0, 0.05) is 12.1 Å². The van der Waals surface area contributed by atoms with E-state index in [1.54, 1.807) is 31.2 Å². The number of benzene rings is 2. The molecule has 110 valence electrons. The number of aryl methyl sites for hydroxylation is 1. The zero-order valence-electron chi connectivity index (χ0n) is 11.5. The van der Waals surface area contributed by atoms with Crippen LogP contribution < -0.4 is 5.56 Å². The molecule has 0 aliphatic rings. The molecule has 2 aromatic carbocycles. The van der Waals surface area contributed by atoms with Crippen LogP contribution in [-0.4, -0.2) is 14.5 Å². The molecule has 0 bridgehead atoms. The highest BCUT2D eigenvalue weighted by atomic mass is 35.5. The van der Waals surface area contributed by atoms with Gasteiger partial charge in [0.1, 0.15) is 5.82 Å². The van der Waals surface area contributed by atoms with Crippen molar-refractivity contribution in [3.05, 3.63) is 73.8 Å². The molecule has 0 aliphatic heterocycles. The fraction of sp³-hybridized carbons (Fsp3) is 0.0667. The van der Waals surface area contributed by atoms with Crippen molar-refractivity contribution < 1.29 is 4.92 Å². The Morgan fingerprint density at radius 1 is 1.23 bits per heavy atom. The van der Waals surface area contributed by atoms with Crippen molar-refractivity contribution in [3.63, 3.8) is 0 Å². The molecule has 0 saturated heterocycles. The lowest BCUT2D eigenvalue weighted by molar-refractivity contribution is -0.384. The predicted octanol–water partition coefficient (Wildman–Crippen LogP) is 3.26. The van der Waals surface area contributed by atoms with E-state index in [-0.39, 0.29) is 16.6 Å². The van der Waals surface area contributed by atoms with Crippen molar-refractivity contribution in [2.24, 2.45) is 0 Å². The minimum Gasteiger partial charge on any atom is -0.268 e. The van der Waals surface area contributed by atoms with Crippen LogP contribution in [-0.2, 0) is 0 Å². The molecule has 0 aliphatic carbocycles. The number of hydrogen-bond donors (Lipinski definition) is 0. The monoisotopic (exact) mass is 315 g/mol. The lowest BCUT2D eigenvalue weighted by atomic mass is 10.2. The molecule has 1 aromatic heterocycles. The van der Waals surface area contributed by atoms with Gasteiger partial charge in [-0.2, -0.15) is 0 Å². The van der Waals surface area contributed by atoms with Gasteiger partial charge < -0.3 is 0 Å². The summed E-state index contributed by atoms with van der Waals surface area (Å²) in [6, 6.07) is 10.9. The number of nitro benzene ring substituents is 1. The van der Waals surface area contributed by atoms with Gasteiger partial charge in [-0.25, -0.2) is 4.98 Å². The largest absolute Gasteiger partial charge is 0.270 e. The molecule has 7 heteroatoms. The molecule has 0 radical (unpaired) electrons. The van der Waals surface area contributed by atoms with E-state index >= 15 is 0 Å². The lowest BCUT2D eigenvalue weighted by Crippen LogP contribution is -2.22. The number of para-hydroxylation sites is 1. The maximum absolute atomic E-state index is 12.7. The first-order valence-electron chi connectivity index (χ1n) is 6.42. The Kier molecular flexibility index (Phi) is 3.38. The molecule has 0 atom stereocenters. The van der Waals surface area contributed by atoms with Gasteiger partial charge in [-0.15, -0.1) is 0 Å². The summed E-state index contributed by atoms with van der Waals surface area (Å²) in [6.45, 7) is 1.69. The van der Waals surface area contributed by atoms with Crippen molar-refractivity contribution >= 4 is 28.2 Å². The number of aromatic nitrogens is 2. The molecule has 0 fully saturated rings. The van der Waals surface area contributed by atoms with Crippen LogP contribution in [0.1, 0.15) is 5.82 Å². The molecule has 0 saturated carbocycles. The highest BCUT2D eigenvalue weighted by Gasteiger charge is 2.15. The van der Waals surface area contributed by atoms with Gasteiger partial charge in [0.2, 0.25) is 0 Å². The zero-order chi connectivity index (χ0) is 15.9. The molecule has 0 amide bonds. The summed E-state index contributed by atoms with van der Waals surface area (Å²) in [6.07, 6.45) is 0. The van der Waals surface area contributed by atoms with Gasteiger partial charge in [0.15, 0.2) is 0 Å². The topological polar surface area (TPSA) is 78.0 Å². The Labute approximate surface area is 129 Å². The Morgan fingerprint density at radius 2 is 1.95 bits per heavy atom. The highest BCUT2D eigenvalue weighted by molar-refractivity contribution is 6.32. The molecule has 6 nitrogen and oxygen atoms in total. The number of rotatable bonds is 2. The zero-order valence-corrected chi connectivity index (χ0v) is 12.2. The first-order chi connectivity index (χ1) is 10.5. The second-order valence-corrected chi connectivity index (χ2v) is 5.12. The molecular formula is C15H10ClN3O3. The first-order valence-corrected chi connectivity index (χ1v) is 6.79. The SMILES string of the molecule is Cc1nc2ccc([N+](=O)[O-])cc2c(=O)n1-c1ccccc1Cl. The van der Waals surface area contributed by atoms with Crippen molar-refractivity contribution in [1.82, 2.24) is 9.55 Å². The van der Waals surface area contributed by atoms with E-state index in [4.69, 9.17) is 11.6 Å². The summed E-state index contributed by atoms with van der Waals surface area (Å²) in [5.74, 6) is 0.458. The molecule has 22 heavy (non-hydrogen) atoms. The Balaban J connectivity index is 2.39. The molecular weight excluding hydrogens is 306 g/mol. The van der Waals surface area contributed by atoms with Gasteiger partial charge in [0.25, 0.3) is 11.2 Å². The number of nitro groups is 1. The summed E-state index contributed by atoms with van der Waals surface area (Å²) in [7, 11) is 0. The van der Waals surface area contributed by atoms with Gasteiger partial charge in [-0.3, -0.25) is 19.5 Å². The molecule has 3 aromatic rings. The van der Waals surface area contributed by atoms with Crippen LogP contribution in [0.2, 0.25) is 5.02 Å². The molecule has 0 spiro atoms. The highest BCUT2D eigenvalue weighted by Crippen LogP contribution is 2.22. The third-order valence-electron chi connectivity index (χ3n) is 3.32. The predicted molar refractivity (Wildman–Crippen MR) is 83.7 cm³/mol. The summed E-state index contributed by atoms with van der Waals surface area (Å²) in [5, 5.41) is 11.5. The van der Waals surface area contributed by atoms with Gasteiger partial charge in [0.05, 0.1) is 26.5 Å². The minimum atomic E-state index is -0.543. The smallest absolute Gasteiger partial charge is 0.268 e. The molecule has 0 N–H and O–H groups in total. The van der Waals surface area contributed by atoms with Gasteiger partial charge in [-0.1, -0.05) is 23.7 Å². The number of non-ortho nitro benzene ring substituents is 1. The Hall–Kier alpha value is -2.73. The molecule has 0 unspecified atom stereocenters. The van der Waals surface area contributed by atoms with E-state index in [1.165, 1.54) is 22.8 Å². The van der Waals surface area contributed by atoms with Crippen LogP contribution >= 0.6 is 11.6 Å². The standard InChI is InChI=1S/C15H10ClN3O3/c1-9-17-13-7-6-10(19(21)22)8-11(13)15(20)18(9)14-5-3-2-4-12(14)16/h2-8H,1H3. The van der Waals surface area contributed by atoms with E-state index in [9.17, 15) is 14.9 Å². The van der Waals surface area contributed by atoms with Crippen molar-refractivity contribution in [2.75, 3.05) is 0 Å². The Bertz CT molecular complexity index is 966. The van der Waals surface area contributed by atoms with E-state index in [0.29, 0.717) is 22.1 Å². The van der Waals surface area contributed by atoms with E-state index in [1.807, 2.05) is 0 Å². The van der Waals surface area contributed by atoms with Gasteiger partial charge >= 0.3 is 0 Å². The third kappa shape index (κ3) is 2.23. The average Bonchev–Trinajstić information content (AvgIpc) is 2.48.